The summed E-state index contributed by atoms with van der Waals surface area (Å²) in [6.07, 6.45) is 0.897. The first-order valence-electron chi connectivity index (χ1n) is 5.56. The van der Waals surface area contributed by atoms with Crippen LogP contribution < -0.4 is 5.73 Å². The summed E-state index contributed by atoms with van der Waals surface area (Å²) in [6, 6.07) is 5.98. The number of halogens is 1. The number of aryl methyl sites for hydroxylation is 1. The Labute approximate surface area is 103 Å². The highest BCUT2D eigenvalue weighted by molar-refractivity contribution is 6.31. The molecule has 90 valence electrons. The second-order valence-corrected chi connectivity index (χ2v) is 5.00. The van der Waals surface area contributed by atoms with E-state index >= 15 is 0 Å². The van der Waals surface area contributed by atoms with Gasteiger partial charge < -0.3 is 10.5 Å². The largest absolute Gasteiger partial charge is 0.375 e. The van der Waals surface area contributed by atoms with Gasteiger partial charge in [0.15, 0.2) is 0 Å². The van der Waals surface area contributed by atoms with Crippen LogP contribution in [0.4, 0.5) is 0 Å². The smallest absolute Gasteiger partial charge is 0.0732 e. The van der Waals surface area contributed by atoms with Gasteiger partial charge in [0.2, 0.25) is 0 Å². The first-order valence-corrected chi connectivity index (χ1v) is 5.94. The zero-order chi connectivity index (χ0) is 12.2. The van der Waals surface area contributed by atoms with Crippen molar-refractivity contribution in [1.82, 2.24) is 0 Å². The first-order chi connectivity index (χ1) is 7.44. The van der Waals surface area contributed by atoms with E-state index in [1.807, 2.05) is 32.0 Å². The van der Waals surface area contributed by atoms with Crippen molar-refractivity contribution in [3.8, 4) is 0 Å². The quantitative estimate of drug-likeness (QED) is 0.859. The third-order valence-electron chi connectivity index (χ3n) is 2.71. The van der Waals surface area contributed by atoms with Crippen molar-refractivity contribution < 1.29 is 4.74 Å². The van der Waals surface area contributed by atoms with Gasteiger partial charge in [-0.2, -0.15) is 0 Å². The Bertz CT molecular complexity index is 350. The molecule has 0 amide bonds. The zero-order valence-corrected chi connectivity index (χ0v) is 11.0. The summed E-state index contributed by atoms with van der Waals surface area (Å²) >= 11 is 6.10. The number of benzene rings is 1. The van der Waals surface area contributed by atoms with E-state index in [1.54, 1.807) is 0 Å². The van der Waals surface area contributed by atoms with Gasteiger partial charge >= 0.3 is 0 Å². The fourth-order valence-corrected chi connectivity index (χ4v) is 1.56. The summed E-state index contributed by atoms with van der Waals surface area (Å²) in [5.74, 6) is 0. The molecule has 0 aromatic heterocycles. The van der Waals surface area contributed by atoms with Gasteiger partial charge in [-0.3, -0.25) is 0 Å². The van der Waals surface area contributed by atoms with Crippen molar-refractivity contribution in [2.24, 2.45) is 5.73 Å². The van der Waals surface area contributed by atoms with Crippen molar-refractivity contribution in [2.45, 2.75) is 39.3 Å². The number of hydrogen-bond acceptors (Lipinski definition) is 2. The Morgan fingerprint density at radius 3 is 2.69 bits per heavy atom. The molecule has 16 heavy (non-hydrogen) atoms. The molecule has 0 saturated carbocycles. The molecule has 1 rings (SSSR count). The average molecular weight is 242 g/mol. The highest BCUT2D eigenvalue weighted by Gasteiger charge is 2.15. The van der Waals surface area contributed by atoms with Crippen LogP contribution in [0, 0.1) is 6.92 Å². The van der Waals surface area contributed by atoms with Gasteiger partial charge in [-0.15, -0.1) is 0 Å². The first kappa shape index (κ1) is 13.5. The van der Waals surface area contributed by atoms with Gasteiger partial charge in [-0.05, 0) is 37.5 Å². The molecule has 0 spiro atoms. The average Bonchev–Trinajstić information content (AvgIpc) is 2.21. The van der Waals surface area contributed by atoms with Gasteiger partial charge in [-0.1, -0.05) is 30.7 Å². The normalized spacial score (nSPS) is 14.8. The molecule has 1 atom stereocenters. The summed E-state index contributed by atoms with van der Waals surface area (Å²) in [5.41, 5.74) is 7.90. The zero-order valence-electron chi connectivity index (χ0n) is 10.2. The second kappa shape index (κ2) is 5.67. The predicted molar refractivity (Wildman–Crippen MR) is 68.7 cm³/mol. The van der Waals surface area contributed by atoms with Gasteiger partial charge in [0.25, 0.3) is 0 Å². The monoisotopic (exact) mass is 241 g/mol. The topological polar surface area (TPSA) is 35.2 Å². The summed E-state index contributed by atoms with van der Waals surface area (Å²) in [5, 5.41) is 0.759. The molecule has 0 aliphatic heterocycles. The molecule has 0 aliphatic rings. The SMILES string of the molecule is CCC(C)(N)COCc1ccc(C)cc1Cl. The van der Waals surface area contributed by atoms with Gasteiger partial charge in [-0.25, -0.2) is 0 Å². The highest BCUT2D eigenvalue weighted by Crippen LogP contribution is 2.19. The summed E-state index contributed by atoms with van der Waals surface area (Å²) in [4.78, 5) is 0. The maximum Gasteiger partial charge on any atom is 0.0732 e. The Morgan fingerprint density at radius 2 is 2.12 bits per heavy atom. The van der Waals surface area contributed by atoms with Crippen LogP contribution in [0.15, 0.2) is 18.2 Å². The van der Waals surface area contributed by atoms with E-state index < -0.39 is 0 Å². The number of rotatable bonds is 5. The van der Waals surface area contributed by atoms with Crippen molar-refractivity contribution in [3.63, 3.8) is 0 Å². The van der Waals surface area contributed by atoms with E-state index in [2.05, 4.69) is 6.92 Å². The Kier molecular flexibility index (Phi) is 4.78. The van der Waals surface area contributed by atoms with E-state index in [-0.39, 0.29) is 5.54 Å². The number of nitrogens with two attached hydrogens (primary N) is 1. The van der Waals surface area contributed by atoms with Crippen LogP contribution in [0.3, 0.4) is 0 Å². The molecule has 1 aromatic carbocycles. The van der Waals surface area contributed by atoms with E-state index in [0.29, 0.717) is 13.2 Å². The maximum absolute atomic E-state index is 6.10. The highest BCUT2D eigenvalue weighted by atomic mass is 35.5. The summed E-state index contributed by atoms with van der Waals surface area (Å²) in [7, 11) is 0. The minimum atomic E-state index is -0.253. The van der Waals surface area contributed by atoms with E-state index in [9.17, 15) is 0 Å². The van der Waals surface area contributed by atoms with Crippen molar-refractivity contribution in [3.05, 3.63) is 34.3 Å². The fourth-order valence-electron chi connectivity index (χ4n) is 1.27. The predicted octanol–water partition coefficient (Wildman–Crippen LogP) is 3.29. The van der Waals surface area contributed by atoms with Crippen LogP contribution in [0.5, 0.6) is 0 Å². The Hall–Kier alpha value is -0.570. The van der Waals surface area contributed by atoms with Crippen molar-refractivity contribution in [1.29, 1.82) is 0 Å². The molecule has 0 fully saturated rings. The number of hydrogen-bond donors (Lipinski definition) is 1. The third-order valence-corrected chi connectivity index (χ3v) is 3.06. The molecule has 0 aliphatic carbocycles. The van der Waals surface area contributed by atoms with Crippen LogP contribution >= 0.6 is 11.6 Å². The molecule has 1 aromatic rings. The lowest BCUT2D eigenvalue weighted by molar-refractivity contribution is 0.0778. The fraction of sp³-hybridized carbons (Fsp3) is 0.538. The lowest BCUT2D eigenvalue weighted by Gasteiger charge is -2.22. The molecule has 0 heterocycles. The molecule has 0 bridgehead atoms. The molecule has 2 N–H and O–H groups in total. The van der Waals surface area contributed by atoms with E-state index in [0.717, 1.165) is 22.6 Å². The van der Waals surface area contributed by atoms with E-state index in [4.69, 9.17) is 22.1 Å². The molecular formula is C13H20ClNO. The van der Waals surface area contributed by atoms with Crippen LogP contribution in [-0.2, 0) is 11.3 Å². The van der Waals surface area contributed by atoms with Crippen LogP contribution in [0.2, 0.25) is 5.02 Å². The minimum absolute atomic E-state index is 0.253. The summed E-state index contributed by atoms with van der Waals surface area (Å²) in [6.45, 7) is 7.14. The lowest BCUT2D eigenvalue weighted by atomic mass is 10.0. The second-order valence-electron chi connectivity index (χ2n) is 4.60. The van der Waals surface area contributed by atoms with Crippen LogP contribution in [0.25, 0.3) is 0 Å². The molecule has 3 heteroatoms. The molecule has 0 saturated heterocycles. The summed E-state index contributed by atoms with van der Waals surface area (Å²) < 4.78 is 5.59. The lowest BCUT2D eigenvalue weighted by Crippen LogP contribution is -2.40. The Morgan fingerprint density at radius 1 is 1.44 bits per heavy atom. The standard InChI is InChI=1S/C13H20ClNO/c1-4-13(3,15)9-16-8-11-6-5-10(2)7-12(11)14/h5-7H,4,8-9,15H2,1-3H3. The van der Waals surface area contributed by atoms with Crippen molar-refractivity contribution >= 4 is 11.6 Å². The molecule has 2 nitrogen and oxygen atoms in total. The molecular weight excluding hydrogens is 222 g/mol. The number of ether oxygens (including phenoxy) is 1. The van der Waals surface area contributed by atoms with Crippen LogP contribution in [0.1, 0.15) is 31.4 Å². The molecule has 0 radical (unpaired) electrons. The van der Waals surface area contributed by atoms with Crippen LogP contribution in [-0.4, -0.2) is 12.1 Å². The maximum atomic E-state index is 6.10. The minimum Gasteiger partial charge on any atom is -0.375 e. The van der Waals surface area contributed by atoms with E-state index in [1.165, 1.54) is 0 Å². The Balaban J connectivity index is 2.49. The van der Waals surface area contributed by atoms with Gasteiger partial charge in [0.05, 0.1) is 13.2 Å². The molecule has 1 unspecified atom stereocenters. The van der Waals surface area contributed by atoms with Crippen molar-refractivity contribution in [2.75, 3.05) is 6.61 Å². The van der Waals surface area contributed by atoms with Gasteiger partial charge in [0.1, 0.15) is 0 Å². The van der Waals surface area contributed by atoms with Gasteiger partial charge in [0, 0.05) is 10.6 Å². The third kappa shape index (κ3) is 4.12.